The molecule has 3 N–H and O–H groups in total. The summed E-state index contributed by atoms with van der Waals surface area (Å²) in [6.45, 7) is -0.713. The van der Waals surface area contributed by atoms with Gasteiger partial charge in [0, 0.05) is 23.4 Å². The van der Waals surface area contributed by atoms with Gasteiger partial charge in [0.2, 0.25) is 0 Å². The first kappa shape index (κ1) is 29.9. The third-order valence-corrected chi connectivity index (χ3v) is 7.76. The number of methoxy groups -OCH3 is 1. The van der Waals surface area contributed by atoms with E-state index in [1.165, 1.54) is 36.4 Å². The fourth-order valence-electron chi connectivity index (χ4n) is 5.28. The molecule has 0 spiro atoms. The summed E-state index contributed by atoms with van der Waals surface area (Å²) in [6.07, 6.45) is -4.37. The molecule has 1 aliphatic carbocycles. The summed E-state index contributed by atoms with van der Waals surface area (Å²) >= 11 is 6.21. The van der Waals surface area contributed by atoms with Crippen molar-refractivity contribution in [2.45, 2.75) is 55.4 Å². The van der Waals surface area contributed by atoms with Crippen LogP contribution in [0.5, 0.6) is 0 Å². The molecule has 2 heterocycles. The number of aliphatic hydroxyl groups excluding tert-OH is 3. The minimum absolute atomic E-state index is 0.0769. The summed E-state index contributed by atoms with van der Waals surface area (Å²) in [5.74, 6) is -5.24. The Morgan fingerprint density at radius 2 is 1.93 bits per heavy atom. The number of anilines is 1. The average Bonchev–Trinajstić information content (AvgIpc) is 3.46. The van der Waals surface area contributed by atoms with Crippen LogP contribution in [0.3, 0.4) is 0 Å². The number of rotatable bonds is 7. The monoisotopic (exact) mass is 607 g/mol. The van der Waals surface area contributed by atoms with E-state index in [9.17, 15) is 38.5 Å². The van der Waals surface area contributed by atoms with Gasteiger partial charge in [-0.3, -0.25) is 4.79 Å². The SMILES string of the molecule is COC1C(C(=O)N(c2cc(Cl)cc(C#N)c2)[C@H]2CC[C@@H]2O)OC(CO)C(O)C1n1cc(-c2cc(F)c(F)c(F)c2)nn1. The zero-order valence-electron chi connectivity index (χ0n) is 21.9. The number of halogens is 4. The Bertz CT molecular complexity index is 1510. The Hall–Kier alpha value is -3.58. The van der Waals surface area contributed by atoms with E-state index in [0.717, 1.165) is 16.8 Å². The third-order valence-electron chi connectivity index (χ3n) is 7.54. The van der Waals surface area contributed by atoms with Crippen molar-refractivity contribution in [1.29, 1.82) is 5.26 Å². The number of nitrogens with zero attached hydrogens (tertiary/aromatic N) is 5. The van der Waals surface area contributed by atoms with Crippen LogP contribution >= 0.6 is 11.6 Å². The summed E-state index contributed by atoms with van der Waals surface area (Å²) in [5, 5.41) is 49.1. The lowest BCUT2D eigenvalue weighted by Gasteiger charge is -2.47. The number of benzene rings is 2. The van der Waals surface area contributed by atoms with Crippen LogP contribution in [0, 0.1) is 28.8 Å². The van der Waals surface area contributed by atoms with E-state index in [-0.39, 0.29) is 27.5 Å². The number of nitriles is 1. The van der Waals surface area contributed by atoms with E-state index < -0.39 is 72.6 Å². The lowest BCUT2D eigenvalue weighted by molar-refractivity contribution is -0.211. The molecule has 15 heteroatoms. The normalized spacial score (nSPS) is 27.3. The summed E-state index contributed by atoms with van der Waals surface area (Å²) in [4.78, 5) is 15.5. The number of aromatic nitrogens is 3. The van der Waals surface area contributed by atoms with Gasteiger partial charge in [-0.15, -0.1) is 5.10 Å². The molecule has 2 aromatic carbocycles. The molecule has 1 aromatic heterocycles. The van der Waals surface area contributed by atoms with Gasteiger partial charge in [-0.25, -0.2) is 17.9 Å². The second-order valence-corrected chi connectivity index (χ2v) is 10.5. The van der Waals surface area contributed by atoms with Crippen LogP contribution in [0.25, 0.3) is 11.3 Å². The zero-order valence-corrected chi connectivity index (χ0v) is 22.7. The number of aliphatic hydroxyl groups is 3. The topological polar surface area (TPSA) is 154 Å². The van der Waals surface area contributed by atoms with Crippen molar-refractivity contribution in [3.05, 3.63) is 64.6 Å². The predicted octanol–water partition coefficient (Wildman–Crippen LogP) is 2.12. The molecule has 0 radical (unpaired) electrons. The average molecular weight is 608 g/mol. The van der Waals surface area contributed by atoms with Crippen LogP contribution in [-0.2, 0) is 14.3 Å². The first-order chi connectivity index (χ1) is 20.1. The molecule has 11 nitrogen and oxygen atoms in total. The van der Waals surface area contributed by atoms with E-state index in [1.807, 2.05) is 6.07 Å². The first-order valence-corrected chi connectivity index (χ1v) is 13.2. The third kappa shape index (κ3) is 5.35. The van der Waals surface area contributed by atoms with Gasteiger partial charge >= 0.3 is 0 Å². The molecule has 1 amide bonds. The molecule has 1 saturated carbocycles. The highest BCUT2D eigenvalue weighted by Gasteiger charge is 2.52. The van der Waals surface area contributed by atoms with Gasteiger partial charge < -0.3 is 29.7 Å². The van der Waals surface area contributed by atoms with Gasteiger partial charge in [-0.05, 0) is 43.2 Å². The number of hydrogen-bond acceptors (Lipinski definition) is 9. The Morgan fingerprint density at radius 3 is 2.50 bits per heavy atom. The lowest BCUT2D eigenvalue weighted by Crippen LogP contribution is -2.64. The minimum Gasteiger partial charge on any atom is -0.394 e. The van der Waals surface area contributed by atoms with E-state index >= 15 is 0 Å². The molecule has 1 saturated heterocycles. The van der Waals surface area contributed by atoms with Gasteiger partial charge in [-0.2, -0.15) is 5.26 Å². The van der Waals surface area contributed by atoms with Gasteiger partial charge in [0.15, 0.2) is 23.6 Å². The smallest absolute Gasteiger partial charge is 0.259 e. The maximum Gasteiger partial charge on any atom is 0.259 e. The lowest BCUT2D eigenvalue weighted by atomic mass is 9.85. The predicted molar refractivity (Wildman–Crippen MR) is 140 cm³/mol. The maximum atomic E-state index is 14.2. The number of carbonyl (C=O) groups is 1. The second-order valence-electron chi connectivity index (χ2n) is 10.0. The highest BCUT2D eigenvalue weighted by molar-refractivity contribution is 6.31. The maximum absolute atomic E-state index is 14.2. The van der Waals surface area contributed by atoms with Crippen molar-refractivity contribution >= 4 is 23.2 Å². The number of carbonyl (C=O) groups excluding carboxylic acids is 1. The molecule has 0 bridgehead atoms. The largest absolute Gasteiger partial charge is 0.394 e. The van der Waals surface area contributed by atoms with Crippen LogP contribution in [0.2, 0.25) is 5.02 Å². The minimum atomic E-state index is -1.65. The summed E-state index contributed by atoms with van der Waals surface area (Å²) < 4.78 is 53.8. The van der Waals surface area contributed by atoms with Crippen LogP contribution in [0.1, 0.15) is 24.4 Å². The van der Waals surface area contributed by atoms with Gasteiger partial charge in [-0.1, -0.05) is 16.8 Å². The Morgan fingerprint density at radius 1 is 1.21 bits per heavy atom. The van der Waals surface area contributed by atoms with Crippen molar-refractivity contribution in [2.75, 3.05) is 18.6 Å². The highest BCUT2D eigenvalue weighted by atomic mass is 35.5. The summed E-state index contributed by atoms with van der Waals surface area (Å²) in [5.41, 5.74) is 0.172. The number of hydrogen-bond donors (Lipinski definition) is 3. The molecule has 1 aliphatic heterocycles. The van der Waals surface area contributed by atoms with Gasteiger partial charge in [0.1, 0.15) is 30.0 Å². The van der Waals surface area contributed by atoms with Gasteiger partial charge in [0.05, 0.1) is 36.6 Å². The Labute approximate surface area is 242 Å². The standard InChI is InChI=1S/C27H25ClF3N5O6/c1-41-25-23(35-10-18(33-34-35)13-6-16(29)22(31)17(30)7-13)24(39)21(11-37)42-26(25)27(40)36(19-2-3-20(19)38)15-5-12(9-32)4-14(28)8-15/h4-8,10,19-21,23-26,37-39H,2-3,11H2,1H3/t19-,20-,21?,23?,24?,25?,26?/m0/s1. The quantitative estimate of drug-likeness (QED) is 0.343. The van der Waals surface area contributed by atoms with Crippen molar-refractivity contribution in [2.24, 2.45) is 0 Å². The van der Waals surface area contributed by atoms with Crippen molar-refractivity contribution in [1.82, 2.24) is 15.0 Å². The molecule has 222 valence electrons. The number of ether oxygens (including phenoxy) is 2. The van der Waals surface area contributed by atoms with Crippen LogP contribution < -0.4 is 4.90 Å². The molecule has 3 aromatic rings. The van der Waals surface area contributed by atoms with Crippen molar-refractivity contribution in [3.63, 3.8) is 0 Å². The highest BCUT2D eigenvalue weighted by Crippen LogP contribution is 2.38. The fourth-order valence-corrected chi connectivity index (χ4v) is 5.51. The molecule has 2 fully saturated rings. The van der Waals surface area contributed by atoms with Crippen LogP contribution in [0.4, 0.5) is 18.9 Å². The van der Waals surface area contributed by atoms with Crippen LogP contribution in [0.15, 0.2) is 36.5 Å². The molecule has 5 rings (SSSR count). The molecular weight excluding hydrogens is 583 g/mol. The molecular formula is C27H25ClF3N5O6. The molecule has 2 aliphatic rings. The molecule has 5 unspecified atom stereocenters. The first-order valence-electron chi connectivity index (χ1n) is 12.8. The number of amides is 1. The fraction of sp³-hybridized carbons (Fsp3) is 0.407. The summed E-state index contributed by atoms with van der Waals surface area (Å²) in [7, 11) is 1.26. The Balaban J connectivity index is 1.54. The molecule has 42 heavy (non-hydrogen) atoms. The zero-order chi connectivity index (χ0) is 30.3. The Kier molecular flexibility index (Phi) is 8.51. The van der Waals surface area contributed by atoms with E-state index in [4.69, 9.17) is 21.1 Å². The summed E-state index contributed by atoms with van der Waals surface area (Å²) in [6, 6.07) is 5.82. The second kappa shape index (κ2) is 12.0. The van der Waals surface area contributed by atoms with Crippen molar-refractivity contribution in [3.8, 4) is 17.3 Å². The van der Waals surface area contributed by atoms with E-state index in [2.05, 4.69) is 10.3 Å². The van der Waals surface area contributed by atoms with Gasteiger partial charge in [0.25, 0.3) is 5.91 Å². The van der Waals surface area contributed by atoms with Crippen LogP contribution in [-0.4, -0.2) is 86.5 Å². The van der Waals surface area contributed by atoms with Crippen molar-refractivity contribution < 1.29 is 42.8 Å². The van der Waals surface area contributed by atoms with E-state index in [0.29, 0.717) is 12.8 Å². The molecule has 7 atom stereocenters. The van der Waals surface area contributed by atoms with E-state index in [1.54, 1.807) is 0 Å².